The highest BCUT2D eigenvalue weighted by atomic mass is 19.1. The van der Waals surface area contributed by atoms with E-state index in [9.17, 15) is 19.1 Å². The van der Waals surface area contributed by atoms with Gasteiger partial charge in [0.2, 0.25) is 0 Å². The van der Waals surface area contributed by atoms with Gasteiger partial charge in [-0.1, -0.05) is 18.8 Å². The summed E-state index contributed by atoms with van der Waals surface area (Å²) in [7, 11) is 0. The largest absolute Gasteiger partial charge is 0.505 e. The fourth-order valence-electron chi connectivity index (χ4n) is 1.94. The minimum absolute atomic E-state index is 0.197. The summed E-state index contributed by atoms with van der Waals surface area (Å²) in [5, 5.41) is 21.1. The van der Waals surface area contributed by atoms with Crippen LogP contribution in [0.5, 0.6) is 5.75 Å². The van der Waals surface area contributed by atoms with Gasteiger partial charge in [-0.15, -0.1) is 0 Å². The van der Waals surface area contributed by atoms with E-state index in [0.29, 0.717) is 11.1 Å². The first-order chi connectivity index (χ1) is 11.9. The van der Waals surface area contributed by atoms with Crippen LogP contribution in [0.25, 0.3) is 0 Å². The van der Waals surface area contributed by atoms with E-state index in [1.807, 2.05) is 0 Å². The van der Waals surface area contributed by atoms with Gasteiger partial charge in [-0.05, 0) is 36.8 Å². The molecule has 2 rings (SSSR count). The van der Waals surface area contributed by atoms with Gasteiger partial charge in [0.05, 0.1) is 0 Å². The second-order valence-electron chi connectivity index (χ2n) is 5.12. The van der Waals surface area contributed by atoms with Crippen molar-refractivity contribution < 1.29 is 24.2 Å². The van der Waals surface area contributed by atoms with Crippen LogP contribution < -0.4 is 5.32 Å². The number of carboxylic acids is 1. The second kappa shape index (κ2) is 7.93. The standard InChI is InChI=1S/C18H15FN2O4/c1-2-14(18(24)25)21-17(23)16-15(22)9-12(10-20-16)4-3-11-5-7-13(19)8-6-11/h5-10,14,22H,2H2,1H3,(H,21,23)(H,24,25). The summed E-state index contributed by atoms with van der Waals surface area (Å²) < 4.78 is 12.8. The highest BCUT2D eigenvalue weighted by molar-refractivity contribution is 5.97. The molecule has 0 saturated carbocycles. The van der Waals surface area contributed by atoms with Crippen LogP contribution in [0, 0.1) is 17.7 Å². The third-order valence-electron chi connectivity index (χ3n) is 3.29. The van der Waals surface area contributed by atoms with Crippen molar-refractivity contribution in [3.05, 3.63) is 59.2 Å². The number of aromatic nitrogens is 1. The zero-order chi connectivity index (χ0) is 18.4. The predicted octanol–water partition coefficient (Wildman–Crippen LogP) is 1.92. The molecule has 2 aromatic rings. The number of nitrogens with zero attached hydrogens (tertiary/aromatic N) is 1. The first-order valence-corrected chi connectivity index (χ1v) is 7.41. The lowest BCUT2D eigenvalue weighted by atomic mass is 10.1. The predicted molar refractivity (Wildman–Crippen MR) is 87.5 cm³/mol. The van der Waals surface area contributed by atoms with Crippen molar-refractivity contribution in [1.82, 2.24) is 10.3 Å². The van der Waals surface area contributed by atoms with Crippen LogP contribution in [-0.4, -0.2) is 33.1 Å². The maximum absolute atomic E-state index is 12.8. The molecule has 0 bridgehead atoms. The molecule has 0 fully saturated rings. The van der Waals surface area contributed by atoms with Crippen LogP contribution in [0.2, 0.25) is 0 Å². The summed E-state index contributed by atoms with van der Waals surface area (Å²) in [5.74, 6) is 2.77. The number of carbonyl (C=O) groups excluding carboxylic acids is 1. The molecule has 1 amide bonds. The quantitative estimate of drug-likeness (QED) is 0.737. The van der Waals surface area contributed by atoms with Crippen molar-refractivity contribution in [2.24, 2.45) is 0 Å². The van der Waals surface area contributed by atoms with Crippen LogP contribution >= 0.6 is 0 Å². The smallest absolute Gasteiger partial charge is 0.326 e. The Bertz CT molecular complexity index is 854. The van der Waals surface area contributed by atoms with Crippen LogP contribution in [0.15, 0.2) is 36.5 Å². The molecule has 1 aromatic carbocycles. The summed E-state index contributed by atoms with van der Waals surface area (Å²) in [6, 6.07) is 5.76. The molecule has 25 heavy (non-hydrogen) atoms. The number of benzene rings is 1. The molecule has 1 unspecified atom stereocenters. The van der Waals surface area contributed by atoms with Gasteiger partial charge < -0.3 is 15.5 Å². The Balaban J connectivity index is 2.16. The number of carboxylic acid groups (broad SMARTS) is 1. The maximum Gasteiger partial charge on any atom is 0.326 e. The van der Waals surface area contributed by atoms with Crippen LogP contribution in [0.1, 0.15) is 35.0 Å². The molecular weight excluding hydrogens is 327 g/mol. The summed E-state index contributed by atoms with van der Waals surface area (Å²) >= 11 is 0. The lowest BCUT2D eigenvalue weighted by molar-refractivity contribution is -0.139. The van der Waals surface area contributed by atoms with E-state index in [2.05, 4.69) is 22.1 Å². The van der Waals surface area contributed by atoms with E-state index >= 15 is 0 Å². The fourth-order valence-corrected chi connectivity index (χ4v) is 1.94. The molecule has 3 N–H and O–H groups in total. The molecule has 0 spiro atoms. The van der Waals surface area contributed by atoms with E-state index in [0.717, 1.165) is 0 Å². The van der Waals surface area contributed by atoms with Crippen LogP contribution in [-0.2, 0) is 4.79 Å². The fraction of sp³-hybridized carbons (Fsp3) is 0.167. The molecule has 0 aliphatic rings. The van der Waals surface area contributed by atoms with Gasteiger partial charge in [0.1, 0.15) is 17.6 Å². The Morgan fingerprint density at radius 3 is 2.44 bits per heavy atom. The molecule has 1 aromatic heterocycles. The summed E-state index contributed by atoms with van der Waals surface area (Å²) in [5.41, 5.74) is 0.644. The molecule has 7 heteroatoms. The highest BCUT2D eigenvalue weighted by Crippen LogP contribution is 2.16. The lowest BCUT2D eigenvalue weighted by Crippen LogP contribution is -2.40. The minimum atomic E-state index is -1.17. The zero-order valence-electron chi connectivity index (χ0n) is 13.3. The van der Waals surface area contributed by atoms with E-state index in [1.54, 1.807) is 6.92 Å². The molecular formula is C18H15FN2O4. The number of amides is 1. The summed E-state index contributed by atoms with van der Waals surface area (Å²) in [6.45, 7) is 1.61. The normalized spacial score (nSPS) is 11.1. The van der Waals surface area contributed by atoms with Crippen molar-refractivity contribution in [2.45, 2.75) is 19.4 Å². The Morgan fingerprint density at radius 1 is 1.24 bits per heavy atom. The van der Waals surface area contributed by atoms with Crippen molar-refractivity contribution >= 4 is 11.9 Å². The van der Waals surface area contributed by atoms with Gasteiger partial charge in [-0.25, -0.2) is 14.2 Å². The Morgan fingerprint density at radius 2 is 1.88 bits per heavy atom. The topological polar surface area (TPSA) is 99.5 Å². The summed E-state index contributed by atoms with van der Waals surface area (Å²) in [4.78, 5) is 26.8. The number of pyridine rings is 1. The molecule has 6 nitrogen and oxygen atoms in total. The maximum atomic E-state index is 12.8. The van der Waals surface area contributed by atoms with E-state index in [1.165, 1.54) is 36.5 Å². The highest BCUT2D eigenvalue weighted by Gasteiger charge is 2.21. The SMILES string of the molecule is CCC(NC(=O)c1ncc(C#Cc2ccc(F)cc2)cc1O)C(=O)O. The van der Waals surface area contributed by atoms with E-state index < -0.39 is 23.7 Å². The lowest BCUT2D eigenvalue weighted by Gasteiger charge is -2.12. The number of hydrogen-bond donors (Lipinski definition) is 3. The molecule has 1 atom stereocenters. The van der Waals surface area contributed by atoms with Gasteiger partial charge in [0.15, 0.2) is 5.69 Å². The molecule has 0 radical (unpaired) electrons. The Kier molecular flexibility index (Phi) is 5.69. The first kappa shape index (κ1) is 17.9. The molecule has 0 saturated heterocycles. The average molecular weight is 342 g/mol. The van der Waals surface area contributed by atoms with Gasteiger partial charge >= 0.3 is 5.97 Å². The van der Waals surface area contributed by atoms with Crippen molar-refractivity contribution in [3.63, 3.8) is 0 Å². The number of rotatable bonds is 4. The molecule has 128 valence electrons. The van der Waals surface area contributed by atoms with Crippen molar-refractivity contribution in [2.75, 3.05) is 0 Å². The Labute approximate surface area is 143 Å². The number of carbonyl (C=O) groups is 2. The third kappa shape index (κ3) is 4.78. The number of hydrogen-bond acceptors (Lipinski definition) is 4. The number of aliphatic carboxylic acids is 1. The molecule has 0 aliphatic carbocycles. The molecule has 0 aliphatic heterocycles. The average Bonchev–Trinajstić information content (AvgIpc) is 2.58. The number of nitrogens with one attached hydrogen (secondary N) is 1. The van der Waals surface area contributed by atoms with Gasteiger partial charge in [-0.2, -0.15) is 0 Å². The van der Waals surface area contributed by atoms with Crippen molar-refractivity contribution in [3.8, 4) is 17.6 Å². The van der Waals surface area contributed by atoms with Crippen molar-refractivity contribution in [1.29, 1.82) is 0 Å². The monoisotopic (exact) mass is 342 g/mol. The second-order valence-corrected chi connectivity index (χ2v) is 5.12. The zero-order valence-corrected chi connectivity index (χ0v) is 13.3. The van der Waals surface area contributed by atoms with Gasteiger partial charge in [0.25, 0.3) is 5.91 Å². The minimum Gasteiger partial charge on any atom is -0.505 e. The van der Waals surface area contributed by atoms with Crippen LogP contribution in [0.3, 0.4) is 0 Å². The van der Waals surface area contributed by atoms with Crippen LogP contribution in [0.4, 0.5) is 4.39 Å². The third-order valence-corrected chi connectivity index (χ3v) is 3.29. The van der Waals surface area contributed by atoms with Gasteiger partial charge in [0, 0.05) is 17.3 Å². The van der Waals surface area contributed by atoms with E-state index in [-0.39, 0.29) is 17.9 Å². The first-order valence-electron chi connectivity index (χ1n) is 7.41. The van der Waals surface area contributed by atoms with Gasteiger partial charge in [-0.3, -0.25) is 4.79 Å². The summed E-state index contributed by atoms with van der Waals surface area (Å²) in [6.07, 6.45) is 1.48. The van der Waals surface area contributed by atoms with E-state index in [4.69, 9.17) is 5.11 Å². The molecule has 1 heterocycles. The number of aromatic hydroxyl groups is 1. The number of halogens is 1. The Hall–Kier alpha value is -3.40.